The molecule has 0 saturated carbocycles. The zero-order chi connectivity index (χ0) is 23.6. The molecule has 1 aromatic heterocycles. The first-order valence-corrected chi connectivity index (χ1v) is 9.75. The van der Waals surface area contributed by atoms with Crippen molar-refractivity contribution in [3.63, 3.8) is 0 Å². The van der Waals surface area contributed by atoms with Crippen LogP contribution in [-0.4, -0.2) is 15.9 Å². The van der Waals surface area contributed by atoms with Gasteiger partial charge in [-0.25, -0.2) is 13.8 Å². The smallest absolute Gasteiger partial charge is 0.348 e. The number of hydrogen-bond donors (Lipinski definition) is 2. The van der Waals surface area contributed by atoms with E-state index in [1.807, 2.05) is 0 Å². The van der Waals surface area contributed by atoms with Gasteiger partial charge in [0.15, 0.2) is 0 Å². The number of amides is 1. The first-order chi connectivity index (χ1) is 15.7. The summed E-state index contributed by atoms with van der Waals surface area (Å²) in [5.41, 5.74) is 1.16. The highest BCUT2D eigenvalue weighted by Crippen LogP contribution is 2.30. The zero-order valence-electron chi connectivity index (χ0n) is 16.9. The molecule has 168 valence electrons. The van der Waals surface area contributed by atoms with Crippen LogP contribution < -0.4 is 5.32 Å². The fourth-order valence-corrected chi connectivity index (χ4v) is 3.24. The van der Waals surface area contributed by atoms with Gasteiger partial charge in [0.25, 0.3) is 5.91 Å². The van der Waals surface area contributed by atoms with E-state index in [-0.39, 0.29) is 12.4 Å². The van der Waals surface area contributed by atoms with Crippen molar-refractivity contribution >= 4 is 5.91 Å². The van der Waals surface area contributed by atoms with E-state index in [4.69, 9.17) is 0 Å². The van der Waals surface area contributed by atoms with Crippen molar-refractivity contribution in [3.05, 3.63) is 101 Å². The Balaban J connectivity index is 1.48. The number of halogens is 5. The van der Waals surface area contributed by atoms with Gasteiger partial charge >= 0.3 is 6.18 Å². The molecule has 2 N–H and O–H groups in total. The number of nitrogens with zero attached hydrogens (tertiary/aromatic N) is 1. The first kappa shape index (κ1) is 22.2. The predicted molar refractivity (Wildman–Crippen MR) is 112 cm³/mol. The Morgan fingerprint density at radius 1 is 0.909 bits per heavy atom. The molecule has 33 heavy (non-hydrogen) atoms. The lowest BCUT2D eigenvalue weighted by molar-refractivity contribution is -0.137. The lowest BCUT2D eigenvalue weighted by atomic mass is 10.1. The van der Waals surface area contributed by atoms with Crippen molar-refractivity contribution in [2.24, 2.45) is 0 Å². The molecular formula is C24H16F5N3O. The van der Waals surface area contributed by atoms with E-state index in [1.165, 1.54) is 12.1 Å². The van der Waals surface area contributed by atoms with Gasteiger partial charge in [0, 0.05) is 17.7 Å². The lowest BCUT2D eigenvalue weighted by Gasteiger charge is -2.10. The van der Waals surface area contributed by atoms with Crippen molar-refractivity contribution in [1.29, 1.82) is 0 Å². The molecule has 4 nitrogen and oxygen atoms in total. The zero-order valence-corrected chi connectivity index (χ0v) is 16.9. The molecule has 0 saturated heterocycles. The number of rotatable bonds is 5. The Morgan fingerprint density at radius 2 is 1.67 bits per heavy atom. The maximum absolute atomic E-state index is 13.6. The lowest BCUT2D eigenvalue weighted by Crippen LogP contribution is -2.23. The Bertz CT molecular complexity index is 1300. The number of carbonyl (C=O) groups is 1. The SMILES string of the molecule is O=C(NCc1cccc(-c2ncc(-c3ccc(F)cc3)[nH]2)c1)c1cc(F)cc(C(F)(F)F)c1. The van der Waals surface area contributed by atoms with E-state index < -0.39 is 29.0 Å². The number of alkyl halides is 3. The minimum atomic E-state index is -4.76. The van der Waals surface area contributed by atoms with Gasteiger partial charge in [-0.3, -0.25) is 4.79 Å². The van der Waals surface area contributed by atoms with Crippen LogP contribution >= 0.6 is 0 Å². The van der Waals surface area contributed by atoms with E-state index in [1.54, 1.807) is 42.6 Å². The molecule has 1 heterocycles. The molecule has 4 rings (SSSR count). The standard InChI is InChI=1S/C24H16F5N3O/c25-19-6-4-15(5-7-19)21-13-30-22(32-21)16-3-1-2-14(8-16)12-31-23(33)17-9-18(24(27,28)29)11-20(26)10-17/h1-11,13H,12H2,(H,30,32)(H,31,33). The van der Waals surface area contributed by atoms with Crippen LogP contribution in [0.3, 0.4) is 0 Å². The number of aromatic amines is 1. The van der Waals surface area contributed by atoms with Crippen LogP contribution in [0.4, 0.5) is 22.0 Å². The number of carbonyl (C=O) groups excluding carboxylic acids is 1. The third-order valence-corrected chi connectivity index (χ3v) is 4.87. The van der Waals surface area contributed by atoms with Gasteiger partial charge in [-0.2, -0.15) is 13.2 Å². The van der Waals surface area contributed by atoms with E-state index in [9.17, 15) is 26.7 Å². The Labute approximate surface area is 185 Å². The fraction of sp³-hybridized carbons (Fsp3) is 0.0833. The van der Waals surface area contributed by atoms with Crippen LogP contribution in [0.15, 0.2) is 72.9 Å². The van der Waals surface area contributed by atoms with Gasteiger partial charge in [-0.1, -0.05) is 18.2 Å². The summed E-state index contributed by atoms with van der Waals surface area (Å²) in [5, 5.41) is 2.50. The fourth-order valence-electron chi connectivity index (χ4n) is 3.24. The van der Waals surface area contributed by atoms with Crippen LogP contribution in [-0.2, 0) is 12.7 Å². The second kappa shape index (κ2) is 8.85. The number of hydrogen-bond acceptors (Lipinski definition) is 2. The number of nitrogens with one attached hydrogen (secondary N) is 2. The van der Waals surface area contributed by atoms with Crippen molar-refractivity contribution in [1.82, 2.24) is 15.3 Å². The summed E-state index contributed by atoms with van der Waals surface area (Å²) in [6, 6.07) is 14.6. The van der Waals surface area contributed by atoms with Crippen LogP contribution in [0.2, 0.25) is 0 Å². The van der Waals surface area contributed by atoms with Crippen molar-refractivity contribution in [2.45, 2.75) is 12.7 Å². The quantitative estimate of drug-likeness (QED) is 0.363. The molecule has 0 fully saturated rings. The van der Waals surface area contributed by atoms with Crippen LogP contribution in [0.25, 0.3) is 22.6 Å². The second-order valence-electron chi connectivity index (χ2n) is 7.26. The number of H-pyrrole nitrogens is 1. The van der Waals surface area contributed by atoms with Gasteiger partial charge < -0.3 is 10.3 Å². The van der Waals surface area contributed by atoms with E-state index >= 15 is 0 Å². The average molecular weight is 457 g/mol. The molecular weight excluding hydrogens is 441 g/mol. The number of imidazole rings is 1. The minimum absolute atomic E-state index is 0.00999. The van der Waals surface area contributed by atoms with Gasteiger partial charge in [-0.05, 0) is 59.7 Å². The molecule has 0 radical (unpaired) electrons. The van der Waals surface area contributed by atoms with Gasteiger partial charge in [0.2, 0.25) is 0 Å². The Kier molecular flexibility index (Phi) is 5.95. The highest BCUT2D eigenvalue weighted by molar-refractivity contribution is 5.94. The average Bonchev–Trinajstić information content (AvgIpc) is 3.27. The third kappa shape index (κ3) is 5.25. The van der Waals surface area contributed by atoms with Crippen molar-refractivity contribution < 1.29 is 26.7 Å². The first-order valence-electron chi connectivity index (χ1n) is 9.75. The molecule has 9 heteroatoms. The highest BCUT2D eigenvalue weighted by Gasteiger charge is 2.32. The van der Waals surface area contributed by atoms with Gasteiger partial charge in [0.1, 0.15) is 17.5 Å². The predicted octanol–water partition coefficient (Wildman–Crippen LogP) is 5.97. The summed E-state index contributed by atoms with van der Waals surface area (Å²) in [7, 11) is 0. The third-order valence-electron chi connectivity index (χ3n) is 4.87. The Hall–Kier alpha value is -4.01. The molecule has 0 spiro atoms. The molecule has 3 aromatic carbocycles. The van der Waals surface area contributed by atoms with E-state index in [0.29, 0.717) is 34.8 Å². The van der Waals surface area contributed by atoms with E-state index in [2.05, 4.69) is 15.3 Å². The molecule has 0 atom stereocenters. The van der Waals surface area contributed by atoms with Gasteiger partial charge in [-0.15, -0.1) is 0 Å². The van der Waals surface area contributed by atoms with Gasteiger partial charge in [0.05, 0.1) is 17.5 Å². The Morgan fingerprint density at radius 3 is 2.39 bits per heavy atom. The normalized spacial score (nSPS) is 11.4. The second-order valence-corrected chi connectivity index (χ2v) is 7.26. The largest absolute Gasteiger partial charge is 0.416 e. The van der Waals surface area contributed by atoms with Crippen molar-refractivity contribution in [3.8, 4) is 22.6 Å². The molecule has 0 aliphatic carbocycles. The number of benzene rings is 3. The summed E-state index contributed by atoms with van der Waals surface area (Å²) in [5.74, 6) is -1.78. The molecule has 4 aromatic rings. The maximum atomic E-state index is 13.6. The molecule has 1 amide bonds. The van der Waals surface area contributed by atoms with Crippen molar-refractivity contribution in [2.75, 3.05) is 0 Å². The molecule has 0 aliphatic rings. The molecule has 0 bridgehead atoms. The summed E-state index contributed by atoms with van der Waals surface area (Å²) in [6.07, 6.45) is -3.15. The monoisotopic (exact) mass is 457 g/mol. The highest BCUT2D eigenvalue weighted by atomic mass is 19.4. The maximum Gasteiger partial charge on any atom is 0.416 e. The topological polar surface area (TPSA) is 57.8 Å². The molecule has 0 aliphatic heterocycles. The van der Waals surface area contributed by atoms with Crippen LogP contribution in [0.5, 0.6) is 0 Å². The minimum Gasteiger partial charge on any atom is -0.348 e. The summed E-state index contributed by atoms with van der Waals surface area (Å²) in [6.45, 7) is 0.00999. The summed E-state index contributed by atoms with van der Waals surface area (Å²) in [4.78, 5) is 19.8. The summed E-state index contributed by atoms with van der Waals surface area (Å²) < 4.78 is 65.3. The van der Waals surface area contributed by atoms with Crippen LogP contribution in [0, 0.1) is 11.6 Å². The summed E-state index contributed by atoms with van der Waals surface area (Å²) >= 11 is 0. The number of aromatic nitrogens is 2. The van der Waals surface area contributed by atoms with E-state index in [0.717, 1.165) is 11.6 Å². The van der Waals surface area contributed by atoms with Crippen LogP contribution in [0.1, 0.15) is 21.5 Å². The molecule has 0 unspecified atom stereocenters.